The van der Waals surface area contributed by atoms with Crippen LogP contribution in [0.5, 0.6) is 11.5 Å². The molecular formula is C12H15NO5S. The van der Waals surface area contributed by atoms with Crippen LogP contribution >= 0.6 is 0 Å². The number of rotatable bonds is 1. The number of hydrogen-bond acceptors (Lipinski definition) is 5. The van der Waals surface area contributed by atoms with E-state index in [1.54, 1.807) is 6.92 Å². The number of benzene rings is 1. The summed E-state index contributed by atoms with van der Waals surface area (Å²) < 4.78 is 22.9. The Morgan fingerprint density at radius 1 is 1.32 bits per heavy atom. The summed E-state index contributed by atoms with van der Waals surface area (Å²) in [6.45, 7) is 1.70. The predicted octanol–water partition coefficient (Wildman–Crippen LogP) is 0.357. The summed E-state index contributed by atoms with van der Waals surface area (Å²) >= 11 is 0. The molecule has 1 unspecified atom stereocenters. The average Bonchev–Trinajstić information content (AvgIpc) is 2.27. The highest BCUT2D eigenvalue weighted by Crippen LogP contribution is 2.29. The molecule has 1 aliphatic heterocycles. The molecule has 1 saturated heterocycles. The van der Waals surface area contributed by atoms with Gasteiger partial charge in [0.25, 0.3) is 5.91 Å². The van der Waals surface area contributed by atoms with Gasteiger partial charge in [0.1, 0.15) is 17.1 Å². The molecule has 104 valence electrons. The van der Waals surface area contributed by atoms with Crippen molar-refractivity contribution in [2.24, 2.45) is 0 Å². The molecule has 1 aliphatic rings. The van der Waals surface area contributed by atoms with Gasteiger partial charge in [0.05, 0.1) is 11.5 Å². The van der Waals surface area contributed by atoms with Crippen LogP contribution < -0.4 is 0 Å². The van der Waals surface area contributed by atoms with E-state index in [2.05, 4.69) is 0 Å². The minimum Gasteiger partial charge on any atom is -0.507 e. The molecule has 0 bridgehead atoms. The molecule has 6 nitrogen and oxygen atoms in total. The zero-order chi connectivity index (χ0) is 14.2. The lowest BCUT2D eigenvalue weighted by molar-refractivity contribution is 0.0706. The lowest BCUT2D eigenvalue weighted by atomic mass is 10.1. The van der Waals surface area contributed by atoms with Gasteiger partial charge in [0.15, 0.2) is 9.84 Å². The van der Waals surface area contributed by atoms with Gasteiger partial charge in [0, 0.05) is 12.6 Å². The molecule has 1 atom stereocenters. The molecular weight excluding hydrogens is 270 g/mol. The van der Waals surface area contributed by atoms with E-state index in [0.717, 1.165) is 0 Å². The number of nitrogens with zero attached hydrogens (tertiary/aromatic N) is 1. The Balaban J connectivity index is 2.31. The Labute approximate surface area is 111 Å². The number of phenols is 2. The number of aromatic hydroxyl groups is 2. The third-order valence-corrected chi connectivity index (χ3v) is 4.96. The van der Waals surface area contributed by atoms with Crippen molar-refractivity contribution < 1.29 is 23.4 Å². The number of sulfone groups is 1. The van der Waals surface area contributed by atoms with Gasteiger partial charge in [0.2, 0.25) is 0 Å². The molecule has 19 heavy (non-hydrogen) atoms. The van der Waals surface area contributed by atoms with Gasteiger partial charge in [-0.05, 0) is 19.1 Å². The predicted molar refractivity (Wildman–Crippen MR) is 68.9 cm³/mol. The van der Waals surface area contributed by atoms with Crippen molar-refractivity contribution in [3.63, 3.8) is 0 Å². The standard InChI is InChI=1S/C12H15NO5S/c1-8-7-19(17,18)6-5-13(8)12(16)11-9(14)3-2-4-10(11)15/h2-4,8,14-15H,5-7H2,1H3. The zero-order valence-corrected chi connectivity index (χ0v) is 11.2. The molecule has 1 fully saturated rings. The average molecular weight is 285 g/mol. The van der Waals surface area contributed by atoms with Gasteiger partial charge in [-0.2, -0.15) is 0 Å². The van der Waals surface area contributed by atoms with Crippen LogP contribution in [-0.2, 0) is 9.84 Å². The normalized spacial score (nSPS) is 22.2. The maximum Gasteiger partial charge on any atom is 0.261 e. The minimum absolute atomic E-state index is 0.0656. The summed E-state index contributed by atoms with van der Waals surface area (Å²) in [5.74, 6) is -1.39. The summed E-state index contributed by atoms with van der Waals surface area (Å²) in [6.07, 6.45) is 0. The van der Waals surface area contributed by atoms with Crippen LogP contribution in [0.25, 0.3) is 0 Å². The second-order valence-electron chi connectivity index (χ2n) is 4.63. The molecule has 1 heterocycles. The van der Waals surface area contributed by atoms with Crippen LogP contribution in [0, 0.1) is 0 Å². The Hall–Kier alpha value is -1.76. The number of carbonyl (C=O) groups excluding carboxylic acids is 1. The van der Waals surface area contributed by atoms with Crippen LogP contribution in [0.2, 0.25) is 0 Å². The van der Waals surface area contributed by atoms with Gasteiger partial charge < -0.3 is 15.1 Å². The van der Waals surface area contributed by atoms with E-state index < -0.39 is 21.8 Å². The number of phenolic OH excluding ortho intramolecular Hbond substituents is 2. The Kier molecular flexibility index (Phi) is 3.40. The van der Waals surface area contributed by atoms with Crippen molar-refractivity contribution in [3.8, 4) is 11.5 Å². The van der Waals surface area contributed by atoms with Gasteiger partial charge in [-0.3, -0.25) is 4.79 Å². The summed E-state index contributed by atoms with van der Waals surface area (Å²) in [5, 5.41) is 19.3. The fraction of sp³-hybridized carbons (Fsp3) is 0.417. The van der Waals surface area contributed by atoms with Crippen molar-refractivity contribution in [2.45, 2.75) is 13.0 Å². The quantitative estimate of drug-likeness (QED) is 0.776. The SMILES string of the molecule is CC1CS(=O)(=O)CCN1C(=O)c1c(O)cccc1O. The first-order chi connectivity index (χ1) is 8.82. The molecule has 2 rings (SSSR count). The number of carbonyl (C=O) groups is 1. The van der Waals surface area contributed by atoms with Crippen molar-refractivity contribution in [1.29, 1.82) is 0 Å². The van der Waals surface area contributed by atoms with Crippen molar-refractivity contribution >= 4 is 15.7 Å². The first-order valence-electron chi connectivity index (χ1n) is 5.84. The molecule has 0 saturated carbocycles. The van der Waals surface area contributed by atoms with E-state index in [0.29, 0.717) is 0 Å². The molecule has 0 spiro atoms. The highest BCUT2D eigenvalue weighted by atomic mass is 32.2. The van der Waals surface area contributed by atoms with Crippen LogP contribution in [0.4, 0.5) is 0 Å². The Bertz CT molecular complexity index is 590. The van der Waals surface area contributed by atoms with Crippen LogP contribution in [-0.4, -0.2) is 53.5 Å². The summed E-state index contributed by atoms with van der Waals surface area (Å²) in [4.78, 5) is 13.6. The largest absolute Gasteiger partial charge is 0.507 e. The molecule has 0 radical (unpaired) electrons. The van der Waals surface area contributed by atoms with Gasteiger partial charge >= 0.3 is 0 Å². The topological polar surface area (TPSA) is 94.9 Å². The highest BCUT2D eigenvalue weighted by Gasteiger charge is 2.33. The van der Waals surface area contributed by atoms with Crippen molar-refractivity contribution in [2.75, 3.05) is 18.1 Å². The Morgan fingerprint density at radius 2 is 1.89 bits per heavy atom. The minimum atomic E-state index is -3.12. The van der Waals surface area contributed by atoms with E-state index >= 15 is 0 Å². The summed E-state index contributed by atoms with van der Waals surface area (Å²) in [6, 6.07) is 3.55. The lowest BCUT2D eigenvalue weighted by Gasteiger charge is -2.33. The van der Waals surface area contributed by atoms with Crippen LogP contribution in [0.1, 0.15) is 17.3 Å². The van der Waals surface area contributed by atoms with Crippen molar-refractivity contribution in [1.82, 2.24) is 4.90 Å². The molecule has 0 aromatic heterocycles. The second kappa shape index (κ2) is 4.73. The third-order valence-electron chi connectivity index (χ3n) is 3.17. The first-order valence-corrected chi connectivity index (χ1v) is 7.66. The van der Waals surface area contributed by atoms with Gasteiger partial charge in [-0.25, -0.2) is 8.42 Å². The summed E-state index contributed by atoms with van der Waals surface area (Å²) in [7, 11) is -3.12. The van der Waals surface area contributed by atoms with E-state index in [1.807, 2.05) is 0 Å². The van der Waals surface area contributed by atoms with E-state index in [9.17, 15) is 23.4 Å². The smallest absolute Gasteiger partial charge is 0.261 e. The van der Waals surface area contributed by atoms with E-state index in [1.165, 1.54) is 23.1 Å². The highest BCUT2D eigenvalue weighted by molar-refractivity contribution is 7.91. The van der Waals surface area contributed by atoms with E-state index in [-0.39, 0.29) is 35.1 Å². The Morgan fingerprint density at radius 3 is 2.42 bits per heavy atom. The molecule has 1 aromatic carbocycles. The maximum absolute atomic E-state index is 12.3. The van der Waals surface area contributed by atoms with Gasteiger partial charge in [-0.15, -0.1) is 0 Å². The molecule has 7 heteroatoms. The molecule has 0 aliphatic carbocycles. The molecule has 2 N–H and O–H groups in total. The van der Waals surface area contributed by atoms with Crippen LogP contribution in [0.3, 0.4) is 0 Å². The second-order valence-corrected chi connectivity index (χ2v) is 6.86. The fourth-order valence-corrected chi connectivity index (χ4v) is 3.75. The van der Waals surface area contributed by atoms with Gasteiger partial charge in [-0.1, -0.05) is 6.07 Å². The summed E-state index contributed by atoms with van der Waals surface area (Å²) in [5.41, 5.74) is -0.186. The maximum atomic E-state index is 12.3. The first kappa shape index (κ1) is 13.7. The fourth-order valence-electron chi connectivity index (χ4n) is 2.19. The molecule has 1 aromatic rings. The molecule has 1 amide bonds. The monoisotopic (exact) mass is 285 g/mol. The number of amides is 1. The lowest BCUT2D eigenvalue weighted by Crippen LogP contribution is -2.49. The van der Waals surface area contributed by atoms with Crippen molar-refractivity contribution in [3.05, 3.63) is 23.8 Å². The number of hydrogen-bond donors (Lipinski definition) is 2. The zero-order valence-electron chi connectivity index (χ0n) is 10.4. The van der Waals surface area contributed by atoms with Crippen LogP contribution in [0.15, 0.2) is 18.2 Å². The third kappa shape index (κ3) is 2.65. The van der Waals surface area contributed by atoms with E-state index in [4.69, 9.17) is 0 Å².